The molecule has 0 fully saturated rings. The summed E-state index contributed by atoms with van der Waals surface area (Å²) in [5, 5.41) is 8.25. The number of nitrogens with one attached hydrogen (secondary N) is 2. The first-order valence-corrected chi connectivity index (χ1v) is 8.39. The molecule has 1 aromatic heterocycles. The molecule has 122 valence electrons. The molecule has 0 radical (unpaired) electrons. The maximum Gasteiger partial charge on any atom is 0.319 e. The Morgan fingerprint density at radius 3 is 2.75 bits per heavy atom. The molecule has 0 unspecified atom stereocenters. The highest BCUT2D eigenvalue weighted by molar-refractivity contribution is 7.13. The quantitative estimate of drug-likeness (QED) is 0.726. The molecular weight excluding hydrogens is 325 g/mol. The van der Waals surface area contributed by atoms with Crippen LogP contribution in [0, 0.1) is 5.82 Å². The van der Waals surface area contributed by atoms with Crippen LogP contribution in [0.4, 0.5) is 14.9 Å². The number of benzene rings is 2. The topological polar surface area (TPSA) is 54.0 Å². The number of anilines is 1. The zero-order valence-corrected chi connectivity index (χ0v) is 13.6. The second kappa shape index (κ2) is 7.70. The number of rotatable bonds is 5. The lowest BCUT2D eigenvalue weighted by atomic mass is 10.2. The Bertz CT molecular complexity index is 820. The van der Waals surface area contributed by atoms with E-state index in [9.17, 15) is 9.18 Å². The third-order valence-corrected chi connectivity index (χ3v) is 4.26. The normalized spacial score (nSPS) is 10.4. The first-order chi connectivity index (χ1) is 11.7. The second-order valence-electron chi connectivity index (χ2n) is 5.15. The minimum absolute atomic E-state index is 0.248. The van der Waals surface area contributed by atoms with E-state index in [2.05, 4.69) is 15.6 Å². The van der Waals surface area contributed by atoms with Gasteiger partial charge in [-0.3, -0.25) is 0 Å². The van der Waals surface area contributed by atoms with Gasteiger partial charge in [0.05, 0.1) is 5.69 Å². The Morgan fingerprint density at radius 2 is 1.96 bits per heavy atom. The van der Waals surface area contributed by atoms with Gasteiger partial charge in [-0.15, -0.1) is 11.3 Å². The van der Waals surface area contributed by atoms with Crippen LogP contribution in [0.1, 0.15) is 5.69 Å². The zero-order valence-electron chi connectivity index (χ0n) is 12.8. The zero-order chi connectivity index (χ0) is 16.8. The van der Waals surface area contributed by atoms with Crippen molar-refractivity contribution in [1.82, 2.24) is 10.3 Å². The number of carbonyl (C=O) groups is 1. The van der Waals surface area contributed by atoms with E-state index in [0.29, 0.717) is 13.0 Å². The molecule has 3 aromatic rings. The highest BCUT2D eigenvalue weighted by Gasteiger charge is 2.06. The number of thiazole rings is 1. The average Bonchev–Trinajstić information content (AvgIpc) is 3.05. The van der Waals surface area contributed by atoms with Gasteiger partial charge in [0.25, 0.3) is 0 Å². The summed E-state index contributed by atoms with van der Waals surface area (Å²) in [6, 6.07) is 15.4. The third-order valence-electron chi connectivity index (χ3n) is 3.32. The van der Waals surface area contributed by atoms with Crippen molar-refractivity contribution in [3.63, 3.8) is 0 Å². The predicted molar refractivity (Wildman–Crippen MR) is 94.7 cm³/mol. The van der Waals surface area contributed by atoms with E-state index in [-0.39, 0.29) is 11.8 Å². The molecule has 2 N–H and O–H groups in total. The van der Waals surface area contributed by atoms with Gasteiger partial charge < -0.3 is 10.6 Å². The number of carbonyl (C=O) groups excluding carboxylic acids is 1. The molecule has 4 nitrogen and oxygen atoms in total. The van der Waals surface area contributed by atoms with Crippen LogP contribution in [-0.2, 0) is 6.42 Å². The summed E-state index contributed by atoms with van der Waals surface area (Å²) >= 11 is 1.47. The lowest BCUT2D eigenvalue weighted by Crippen LogP contribution is -2.30. The lowest BCUT2D eigenvalue weighted by molar-refractivity contribution is 0.252. The molecule has 0 aliphatic rings. The van der Waals surface area contributed by atoms with Crippen molar-refractivity contribution >= 4 is 23.1 Å². The largest absolute Gasteiger partial charge is 0.337 e. The number of para-hydroxylation sites is 1. The van der Waals surface area contributed by atoms with Gasteiger partial charge in [0.15, 0.2) is 0 Å². The Morgan fingerprint density at radius 1 is 1.12 bits per heavy atom. The van der Waals surface area contributed by atoms with E-state index in [4.69, 9.17) is 0 Å². The molecule has 2 aromatic carbocycles. The van der Waals surface area contributed by atoms with Gasteiger partial charge in [0.1, 0.15) is 10.8 Å². The Balaban J connectivity index is 1.50. The van der Waals surface area contributed by atoms with E-state index >= 15 is 0 Å². The van der Waals surface area contributed by atoms with Crippen LogP contribution in [0.15, 0.2) is 60.0 Å². The fourth-order valence-corrected chi connectivity index (χ4v) is 3.03. The minimum Gasteiger partial charge on any atom is -0.337 e. The SMILES string of the molecule is O=C(NCCc1csc(-c2cccc(F)c2)n1)Nc1ccccc1. The van der Waals surface area contributed by atoms with E-state index in [1.807, 2.05) is 41.8 Å². The summed E-state index contributed by atoms with van der Waals surface area (Å²) in [6.07, 6.45) is 0.619. The molecule has 24 heavy (non-hydrogen) atoms. The molecular formula is C18H16FN3OS. The van der Waals surface area contributed by atoms with Crippen LogP contribution in [0.25, 0.3) is 10.6 Å². The number of aromatic nitrogens is 1. The standard InChI is InChI=1S/C18H16FN3OS/c19-14-6-4-5-13(11-14)17-21-16(12-24-17)9-10-20-18(23)22-15-7-2-1-3-8-15/h1-8,11-12H,9-10H2,(H2,20,22,23). The number of hydrogen-bond acceptors (Lipinski definition) is 3. The maximum absolute atomic E-state index is 13.3. The van der Waals surface area contributed by atoms with E-state index in [1.165, 1.54) is 23.5 Å². The molecule has 0 aliphatic carbocycles. The monoisotopic (exact) mass is 341 g/mol. The number of amides is 2. The van der Waals surface area contributed by atoms with Gasteiger partial charge in [0.2, 0.25) is 0 Å². The van der Waals surface area contributed by atoms with Crippen molar-refractivity contribution in [3.05, 3.63) is 71.5 Å². The van der Waals surface area contributed by atoms with Gasteiger partial charge >= 0.3 is 6.03 Å². The van der Waals surface area contributed by atoms with E-state index < -0.39 is 0 Å². The Labute approximate surface area is 143 Å². The van der Waals surface area contributed by atoms with Crippen molar-refractivity contribution in [3.8, 4) is 10.6 Å². The van der Waals surface area contributed by atoms with Crippen LogP contribution >= 0.6 is 11.3 Å². The van der Waals surface area contributed by atoms with Crippen LogP contribution in [-0.4, -0.2) is 17.6 Å². The summed E-state index contributed by atoms with van der Waals surface area (Å²) in [7, 11) is 0. The molecule has 0 spiro atoms. The number of hydrogen-bond donors (Lipinski definition) is 2. The Kier molecular flexibility index (Phi) is 5.18. The van der Waals surface area contributed by atoms with Crippen LogP contribution in [0.5, 0.6) is 0 Å². The average molecular weight is 341 g/mol. The number of urea groups is 1. The van der Waals surface area contributed by atoms with Gasteiger partial charge in [-0.2, -0.15) is 0 Å². The third kappa shape index (κ3) is 4.39. The molecule has 3 rings (SSSR count). The molecule has 1 heterocycles. The van der Waals surface area contributed by atoms with Crippen molar-refractivity contribution in [2.24, 2.45) is 0 Å². The Hall–Kier alpha value is -2.73. The van der Waals surface area contributed by atoms with Crippen LogP contribution in [0.3, 0.4) is 0 Å². The minimum atomic E-state index is -0.275. The lowest BCUT2D eigenvalue weighted by Gasteiger charge is -2.06. The smallest absolute Gasteiger partial charge is 0.319 e. The van der Waals surface area contributed by atoms with Crippen LogP contribution in [0.2, 0.25) is 0 Å². The van der Waals surface area contributed by atoms with Gasteiger partial charge in [-0.05, 0) is 24.3 Å². The van der Waals surface area contributed by atoms with Gasteiger partial charge in [-0.25, -0.2) is 14.2 Å². The van der Waals surface area contributed by atoms with Gasteiger partial charge in [0, 0.05) is 29.6 Å². The summed E-state index contributed by atoms with van der Waals surface area (Å²) in [5.41, 5.74) is 2.39. The molecule has 6 heteroatoms. The highest BCUT2D eigenvalue weighted by atomic mass is 32.1. The summed E-state index contributed by atoms with van der Waals surface area (Å²) in [5.74, 6) is -0.275. The molecule has 0 saturated carbocycles. The number of halogens is 1. The second-order valence-corrected chi connectivity index (χ2v) is 6.01. The molecule has 2 amide bonds. The van der Waals surface area contributed by atoms with Crippen molar-refractivity contribution in [2.75, 3.05) is 11.9 Å². The summed E-state index contributed by atoms with van der Waals surface area (Å²) in [6.45, 7) is 0.477. The van der Waals surface area contributed by atoms with Crippen molar-refractivity contribution in [2.45, 2.75) is 6.42 Å². The highest BCUT2D eigenvalue weighted by Crippen LogP contribution is 2.24. The molecule has 0 aliphatic heterocycles. The molecule has 0 bridgehead atoms. The fourth-order valence-electron chi connectivity index (χ4n) is 2.18. The summed E-state index contributed by atoms with van der Waals surface area (Å²) in [4.78, 5) is 16.3. The number of nitrogens with zero attached hydrogens (tertiary/aromatic N) is 1. The summed E-state index contributed by atoms with van der Waals surface area (Å²) < 4.78 is 13.3. The van der Waals surface area contributed by atoms with E-state index in [0.717, 1.165) is 22.0 Å². The predicted octanol–water partition coefficient (Wildman–Crippen LogP) is 4.31. The molecule has 0 atom stereocenters. The van der Waals surface area contributed by atoms with E-state index in [1.54, 1.807) is 6.07 Å². The van der Waals surface area contributed by atoms with Crippen LogP contribution < -0.4 is 10.6 Å². The molecule has 0 saturated heterocycles. The van der Waals surface area contributed by atoms with Crippen molar-refractivity contribution < 1.29 is 9.18 Å². The first kappa shape index (κ1) is 16.1. The maximum atomic E-state index is 13.3. The first-order valence-electron chi connectivity index (χ1n) is 7.51. The van der Waals surface area contributed by atoms with Crippen molar-refractivity contribution in [1.29, 1.82) is 0 Å². The van der Waals surface area contributed by atoms with Gasteiger partial charge in [-0.1, -0.05) is 30.3 Å². The fraction of sp³-hybridized carbons (Fsp3) is 0.111.